The van der Waals surface area contributed by atoms with Crippen LogP contribution in [-0.4, -0.2) is 54.0 Å². The van der Waals surface area contributed by atoms with Crippen molar-refractivity contribution in [3.8, 4) is 0 Å². The van der Waals surface area contributed by atoms with E-state index in [9.17, 15) is 9.59 Å². The molecule has 142 valence electrons. The van der Waals surface area contributed by atoms with Crippen LogP contribution in [0.25, 0.3) is 0 Å². The number of carbonyl (C=O) groups excluding carboxylic acids is 2. The topological polar surface area (TPSA) is 113 Å². The Hall–Kier alpha value is -2.00. The highest BCUT2D eigenvalue weighted by molar-refractivity contribution is 5.97. The predicted octanol–water partition coefficient (Wildman–Crippen LogP) is 1.96. The third kappa shape index (κ3) is 7.61. The summed E-state index contributed by atoms with van der Waals surface area (Å²) >= 11 is 0. The van der Waals surface area contributed by atoms with Crippen LogP contribution in [0, 0.1) is 5.92 Å². The third-order valence-electron chi connectivity index (χ3n) is 2.96. The molecule has 9 heteroatoms. The van der Waals surface area contributed by atoms with E-state index >= 15 is 0 Å². The molecular formula is C16H27N3O6. The number of carbonyl (C=O) groups is 2. The van der Waals surface area contributed by atoms with Gasteiger partial charge in [-0.1, -0.05) is 13.8 Å². The SMILES string of the molecule is COCCOCc1nnc(C(=O)C(NC(=O)OC(C)(C)C)C(C)C)o1. The molecule has 0 spiro atoms. The maximum Gasteiger partial charge on any atom is 0.408 e. The summed E-state index contributed by atoms with van der Waals surface area (Å²) in [5, 5.41) is 10.1. The minimum absolute atomic E-state index is 0.0788. The fourth-order valence-corrected chi connectivity index (χ4v) is 1.82. The van der Waals surface area contributed by atoms with Gasteiger partial charge >= 0.3 is 6.09 Å². The Kier molecular flexibility index (Phi) is 7.98. The van der Waals surface area contributed by atoms with Crippen molar-refractivity contribution in [3.05, 3.63) is 11.8 Å². The van der Waals surface area contributed by atoms with E-state index in [4.69, 9.17) is 18.6 Å². The number of hydrogen-bond acceptors (Lipinski definition) is 8. The Labute approximate surface area is 147 Å². The first-order chi connectivity index (χ1) is 11.6. The predicted molar refractivity (Wildman–Crippen MR) is 88.2 cm³/mol. The van der Waals surface area contributed by atoms with Crippen LogP contribution in [-0.2, 0) is 20.8 Å². The van der Waals surface area contributed by atoms with Gasteiger partial charge in [0.05, 0.1) is 13.2 Å². The molecule has 1 rings (SSSR count). The molecule has 0 aliphatic carbocycles. The van der Waals surface area contributed by atoms with Gasteiger partial charge in [-0.25, -0.2) is 4.79 Å². The Bertz CT molecular complexity index is 564. The Morgan fingerprint density at radius 2 is 1.88 bits per heavy atom. The van der Waals surface area contributed by atoms with Gasteiger partial charge in [0.1, 0.15) is 18.2 Å². The maximum atomic E-state index is 12.5. The molecule has 0 aliphatic heterocycles. The zero-order chi connectivity index (χ0) is 19.0. The van der Waals surface area contributed by atoms with Crippen molar-refractivity contribution in [1.29, 1.82) is 0 Å². The number of Topliss-reactive ketones (excluding diaryl/α,β-unsaturated/α-hetero) is 1. The van der Waals surface area contributed by atoms with Gasteiger partial charge in [-0.05, 0) is 26.7 Å². The van der Waals surface area contributed by atoms with E-state index in [-0.39, 0.29) is 24.3 Å². The first-order valence-electron chi connectivity index (χ1n) is 8.07. The molecule has 1 atom stereocenters. The average molecular weight is 357 g/mol. The minimum atomic E-state index is -0.836. The first kappa shape index (κ1) is 21.0. The van der Waals surface area contributed by atoms with Crippen LogP contribution in [0.3, 0.4) is 0 Å². The number of nitrogens with zero attached hydrogens (tertiary/aromatic N) is 2. The summed E-state index contributed by atoms with van der Waals surface area (Å²) in [6.45, 7) is 9.71. The van der Waals surface area contributed by atoms with Crippen LogP contribution < -0.4 is 5.32 Å². The summed E-state index contributed by atoms with van der Waals surface area (Å²) in [4.78, 5) is 24.5. The number of aromatic nitrogens is 2. The average Bonchev–Trinajstić information content (AvgIpc) is 2.95. The number of ketones is 1. The number of hydrogen-bond donors (Lipinski definition) is 1. The van der Waals surface area contributed by atoms with E-state index in [1.165, 1.54) is 0 Å². The summed E-state index contributed by atoms with van der Waals surface area (Å²) < 4.78 is 20.6. The highest BCUT2D eigenvalue weighted by Gasteiger charge is 2.31. The quantitative estimate of drug-likeness (QED) is 0.527. The second-order valence-electron chi connectivity index (χ2n) is 6.78. The normalized spacial score (nSPS) is 12.9. The fourth-order valence-electron chi connectivity index (χ4n) is 1.82. The van der Waals surface area contributed by atoms with Gasteiger partial charge in [-0.2, -0.15) is 0 Å². The number of rotatable bonds is 9. The van der Waals surface area contributed by atoms with Gasteiger partial charge < -0.3 is 23.9 Å². The van der Waals surface area contributed by atoms with Crippen LogP contribution >= 0.6 is 0 Å². The Morgan fingerprint density at radius 3 is 2.44 bits per heavy atom. The number of nitrogens with one attached hydrogen (secondary N) is 1. The lowest BCUT2D eigenvalue weighted by molar-refractivity contribution is 0.0464. The number of methoxy groups -OCH3 is 1. The van der Waals surface area contributed by atoms with Crippen molar-refractivity contribution in [2.75, 3.05) is 20.3 Å². The molecule has 1 aromatic heterocycles. The third-order valence-corrected chi connectivity index (χ3v) is 2.96. The summed E-state index contributed by atoms with van der Waals surface area (Å²) in [6.07, 6.45) is -0.679. The molecule has 25 heavy (non-hydrogen) atoms. The summed E-state index contributed by atoms with van der Waals surface area (Å²) in [5.41, 5.74) is -0.661. The zero-order valence-electron chi connectivity index (χ0n) is 15.6. The van der Waals surface area contributed by atoms with Gasteiger partial charge in [0, 0.05) is 7.11 Å². The number of amides is 1. The highest BCUT2D eigenvalue weighted by Crippen LogP contribution is 2.13. The lowest BCUT2D eigenvalue weighted by atomic mass is 10.00. The Morgan fingerprint density at radius 1 is 1.20 bits per heavy atom. The van der Waals surface area contributed by atoms with Crippen LogP contribution in [0.5, 0.6) is 0 Å². The standard InChI is InChI=1S/C16H27N3O6/c1-10(2)12(17-15(21)25-16(3,4)5)13(20)14-19-18-11(24-14)9-23-8-7-22-6/h10,12H,7-9H2,1-6H3,(H,17,21). The summed E-state index contributed by atoms with van der Waals surface area (Å²) in [5.74, 6) is -0.663. The first-order valence-corrected chi connectivity index (χ1v) is 8.07. The molecule has 1 amide bonds. The molecule has 0 bridgehead atoms. The van der Waals surface area contributed by atoms with Crippen molar-refractivity contribution in [2.45, 2.75) is 52.9 Å². The van der Waals surface area contributed by atoms with Crippen LogP contribution in [0.15, 0.2) is 4.42 Å². The minimum Gasteiger partial charge on any atom is -0.444 e. The van der Waals surface area contributed by atoms with Gasteiger partial charge in [0.15, 0.2) is 0 Å². The van der Waals surface area contributed by atoms with Gasteiger partial charge in [0.25, 0.3) is 5.89 Å². The van der Waals surface area contributed by atoms with Crippen molar-refractivity contribution in [1.82, 2.24) is 15.5 Å². The second kappa shape index (κ2) is 9.47. The van der Waals surface area contributed by atoms with Crippen LogP contribution in [0.2, 0.25) is 0 Å². The summed E-state index contributed by atoms with van der Waals surface area (Å²) in [7, 11) is 1.57. The number of ether oxygens (including phenoxy) is 3. The van der Waals surface area contributed by atoms with Gasteiger partial charge in [-0.15, -0.1) is 10.2 Å². The summed E-state index contributed by atoms with van der Waals surface area (Å²) in [6, 6.07) is -0.836. The van der Waals surface area contributed by atoms with Crippen molar-refractivity contribution < 1.29 is 28.2 Å². The lowest BCUT2D eigenvalue weighted by Crippen LogP contribution is -2.46. The van der Waals surface area contributed by atoms with Crippen molar-refractivity contribution in [2.24, 2.45) is 5.92 Å². The van der Waals surface area contributed by atoms with Gasteiger partial charge in [-0.3, -0.25) is 4.79 Å². The largest absolute Gasteiger partial charge is 0.444 e. The molecule has 0 saturated heterocycles. The van der Waals surface area contributed by atoms with Crippen LogP contribution in [0.4, 0.5) is 4.79 Å². The van der Waals surface area contributed by atoms with E-state index < -0.39 is 23.5 Å². The van der Waals surface area contributed by atoms with Crippen molar-refractivity contribution >= 4 is 11.9 Å². The maximum absolute atomic E-state index is 12.5. The Balaban J connectivity index is 2.70. The molecule has 1 heterocycles. The van der Waals surface area contributed by atoms with Crippen molar-refractivity contribution in [3.63, 3.8) is 0 Å². The zero-order valence-corrected chi connectivity index (χ0v) is 15.6. The van der Waals surface area contributed by atoms with Crippen LogP contribution in [0.1, 0.15) is 51.2 Å². The molecule has 1 N–H and O–H groups in total. The van der Waals surface area contributed by atoms with E-state index in [0.29, 0.717) is 13.2 Å². The van der Waals surface area contributed by atoms with E-state index in [1.807, 2.05) is 0 Å². The molecule has 9 nitrogen and oxygen atoms in total. The smallest absolute Gasteiger partial charge is 0.408 e. The molecule has 1 unspecified atom stereocenters. The highest BCUT2D eigenvalue weighted by atomic mass is 16.6. The molecule has 0 aromatic carbocycles. The molecular weight excluding hydrogens is 330 g/mol. The lowest BCUT2D eigenvalue weighted by Gasteiger charge is -2.24. The molecule has 0 saturated carbocycles. The fraction of sp³-hybridized carbons (Fsp3) is 0.750. The molecule has 0 aliphatic rings. The van der Waals surface area contributed by atoms with E-state index in [1.54, 1.807) is 41.7 Å². The molecule has 0 radical (unpaired) electrons. The molecule has 0 fully saturated rings. The van der Waals surface area contributed by atoms with Gasteiger partial charge in [0.2, 0.25) is 11.7 Å². The van der Waals surface area contributed by atoms with E-state index in [0.717, 1.165) is 0 Å². The monoisotopic (exact) mass is 357 g/mol. The molecule has 1 aromatic rings. The second-order valence-corrected chi connectivity index (χ2v) is 6.78. The van der Waals surface area contributed by atoms with E-state index in [2.05, 4.69) is 15.5 Å². The number of alkyl carbamates (subject to hydrolysis) is 1.